The van der Waals surface area contributed by atoms with Gasteiger partial charge < -0.3 is 22.0 Å². The minimum Gasteiger partial charge on any atom is -0.506 e. The molecule has 0 heterocycles. The summed E-state index contributed by atoms with van der Waals surface area (Å²) in [7, 11) is 0. The van der Waals surface area contributed by atoms with Crippen molar-refractivity contribution in [1.82, 2.24) is 0 Å². The normalized spacial score (nSPS) is 10.4. The molecule has 0 saturated carbocycles. The van der Waals surface area contributed by atoms with Gasteiger partial charge in [-0.3, -0.25) is 4.79 Å². The number of rotatable bonds is 4. The second-order valence-corrected chi connectivity index (χ2v) is 6.01. The third kappa shape index (κ3) is 5.17. The summed E-state index contributed by atoms with van der Waals surface area (Å²) in [6.07, 6.45) is 5.35. The summed E-state index contributed by atoms with van der Waals surface area (Å²) in [6.45, 7) is 0.542. The smallest absolute Gasteiger partial charge is 0.248 e. The van der Waals surface area contributed by atoms with Crippen molar-refractivity contribution >= 4 is 40.6 Å². The third-order valence-electron chi connectivity index (χ3n) is 3.81. The van der Waals surface area contributed by atoms with Gasteiger partial charge in [-0.15, -0.1) is 0 Å². The number of hydrogen-bond acceptors (Lipinski definition) is 4. The van der Waals surface area contributed by atoms with Crippen LogP contribution < -0.4 is 11.5 Å². The number of nitrogens with one attached hydrogen (secondary N) is 1. The molecule has 0 saturated heterocycles. The molecule has 0 unspecified atom stereocenters. The molecular formula is C21H20ClN3O2. The molecule has 0 aliphatic rings. The Morgan fingerprint density at radius 1 is 1.07 bits per heavy atom. The van der Waals surface area contributed by atoms with Crippen molar-refractivity contribution in [2.24, 2.45) is 11.5 Å². The predicted octanol–water partition coefficient (Wildman–Crippen LogP) is 3.95. The fourth-order valence-electron chi connectivity index (χ4n) is 2.47. The molecule has 0 aliphatic heterocycles. The first-order valence-electron chi connectivity index (χ1n) is 8.15. The van der Waals surface area contributed by atoms with Crippen LogP contribution in [0.4, 0.5) is 0 Å². The van der Waals surface area contributed by atoms with E-state index in [2.05, 4.69) is 6.07 Å². The van der Waals surface area contributed by atoms with Crippen LogP contribution >= 0.6 is 11.6 Å². The number of amides is 1. The molecule has 3 aromatic rings. The molecule has 0 bridgehead atoms. The van der Waals surface area contributed by atoms with Crippen LogP contribution in [-0.4, -0.2) is 23.8 Å². The Bertz CT molecular complexity index is 1000. The fraction of sp³-hybridized carbons (Fsp3) is 0.0476. The zero-order chi connectivity index (χ0) is 19.8. The van der Waals surface area contributed by atoms with Gasteiger partial charge in [-0.1, -0.05) is 60.2 Å². The molecular weight excluding hydrogens is 362 g/mol. The maximum atomic E-state index is 10.5. The molecule has 0 spiro atoms. The van der Waals surface area contributed by atoms with Crippen molar-refractivity contribution in [3.05, 3.63) is 82.4 Å². The molecule has 138 valence electrons. The average molecular weight is 382 g/mol. The molecule has 1 amide bonds. The Kier molecular flexibility index (Phi) is 7.11. The Balaban J connectivity index is 0.000000208. The summed E-state index contributed by atoms with van der Waals surface area (Å²) >= 11 is 5.50. The summed E-state index contributed by atoms with van der Waals surface area (Å²) in [6, 6.07) is 16.1. The number of aromatic hydroxyl groups is 1. The van der Waals surface area contributed by atoms with Gasteiger partial charge in [0.15, 0.2) is 0 Å². The van der Waals surface area contributed by atoms with E-state index >= 15 is 0 Å². The monoisotopic (exact) mass is 381 g/mol. The van der Waals surface area contributed by atoms with E-state index in [1.807, 2.05) is 42.5 Å². The van der Waals surface area contributed by atoms with E-state index in [9.17, 15) is 4.79 Å². The van der Waals surface area contributed by atoms with Crippen LogP contribution in [0.5, 0.6) is 5.75 Å². The molecule has 0 radical (unpaired) electrons. The zero-order valence-corrected chi connectivity index (χ0v) is 15.3. The summed E-state index contributed by atoms with van der Waals surface area (Å²) in [5, 5.41) is 18.7. The molecule has 3 rings (SSSR count). The van der Waals surface area contributed by atoms with Gasteiger partial charge in [0.05, 0.1) is 5.02 Å². The van der Waals surface area contributed by atoms with Gasteiger partial charge in [-0.2, -0.15) is 0 Å². The van der Waals surface area contributed by atoms with Crippen LogP contribution in [0.1, 0.15) is 21.5 Å². The Morgan fingerprint density at radius 2 is 1.70 bits per heavy atom. The van der Waals surface area contributed by atoms with Crippen molar-refractivity contribution in [2.45, 2.75) is 0 Å². The minimum atomic E-state index is -0.563. The fourth-order valence-corrected chi connectivity index (χ4v) is 2.65. The van der Waals surface area contributed by atoms with Crippen LogP contribution in [-0.2, 0) is 0 Å². The molecule has 0 aliphatic carbocycles. The number of halogens is 1. The first-order valence-corrected chi connectivity index (χ1v) is 8.53. The molecule has 3 aromatic carbocycles. The second-order valence-electron chi connectivity index (χ2n) is 5.60. The highest BCUT2D eigenvalue weighted by Crippen LogP contribution is 2.23. The van der Waals surface area contributed by atoms with E-state index in [1.54, 1.807) is 0 Å². The molecule has 27 heavy (non-hydrogen) atoms. The van der Waals surface area contributed by atoms with Crippen molar-refractivity contribution in [3.8, 4) is 5.75 Å². The van der Waals surface area contributed by atoms with Gasteiger partial charge in [0.1, 0.15) is 5.75 Å². The van der Waals surface area contributed by atoms with Crippen molar-refractivity contribution in [1.29, 1.82) is 5.41 Å². The SMILES string of the molecule is N=Cc1ccc(/C=C/CN)c2ccccc12.NC(=O)c1ccc(O)c(Cl)c1. The van der Waals surface area contributed by atoms with Crippen LogP contribution in [0.15, 0.2) is 60.7 Å². The second kappa shape index (κ2) is 9.52. The largest absolute Gasteiger partial charge is 0.506 e. The van der Waals surface area contributed by atoms with Gasteiger partial charge in [-0.25, -0.2) is 0 Å². The lowest BCUT2D eigenvalue weighted by molar-refractivity contribution is 0.100. The van der Waals surface area contributed by atoms with Gasteiger partial charge >= 0.3 is 0 Å². The van der Waals surface area contributed by atoms with Crippen LogP contribution in [0.2, 0.25) is 5.02 Å². The maximum Gasteiger partial charge on any atom is 0.248 e. The van der Waals surface area contributed by atoms with Crippen molar-refractivity contribution < 1.29 is 9.90 Å². The molecule has 0 aromatic heterocycles. The highest BCUT2D eigenvalue weighted by Gasteiger charge is 2.03. The van der Waals surface area contributed by atoms with E-state index in [0.717, 1.165) is 21.9 Å². The first-order chi connectivity index (χ1) is 13.0. The minimum absolute atomic E-state index is 0.0586. The van der Waals surface area contributed by atoms with E-state index in [0.29, 0.717) is 6.54 Å². The van der Waals surface area contributed by atoms with E-state index < -0.39 is 5.91 Å². The van der Waals surface area contributed by atoms with E-state index in [-0.39, 0.29) is 16.3 Å². The Labute approximate surface area is 162 Å². The van der Waals surface area contributed by atoms with Crippen molar-refractivity contribution in [3.63, 3.8) is 0 Å². The van der Waals surface area contributed by atoms with Gasteiger partial charge in [0.25, 0.3) is 0 Å². The lowest BCUT2D eigenvalue weighted by Crippen LogP contribution is -2.10. The van der Waals surface area contributed by atoms with Crippen LogP contribution in [0, 0.1) is 5.41 Å². The number of primary amides is 1. The highest BCUT2D eigenvalue weighted by molar-refractivity contribution is 6.32. The first kappa shape index (κ1) is 20.2. The van der Waals surface area contributed by atoms with Gasteiger partial charge in [0, 0.05) is 18.3 Å². The number of hydrogen-bond donors (Lipinski definition) is 4. The Hall–Kier alpha value is -3.15. The highest BCUT2D eigenvalue weighted by atomic mass is 35.5. The molecule has 5 nitrogen and oxygen atoms in total. The number of benzene rings is 3. The number of fused-ring (bicyclic) bond motifs is 1. The standard InChI is InChI=1S/C14H14N2.C7H6ClNO2/c15-9-3-4-11-7-8-12(10-16)14-6-2-1-5-13(11)14;8-5-3-4(7(9)11)1-2-6(5)10/h1-8,10,16H,9,15H2;1-3,10H,(H2,9,11)/b4-3+,16-10?;. The summed E-state index contributed by atoms with van der Waals surface area (Å²) in [5.74, 6) is -0.622. The number of carbonyl (C=O) groups excluding carboxylic acids is 1. The van der Waals surface area contributed by atoms with Crippen LogP contribution in [0.3, 0.4) is 0 Å². The third-order valence-corrected chi connectivity index (χ3v) is 4.12. The number of phenolic OH excluding ortho intramolecular Hbond substituents is 1. The number of phenols is 1. The summed E-state index contributed by atoms with van der Waals surface area (Å²) in [4.78, 5) is 10.5. The van der Waals surface area contributed by atoms with E-state index in [1.165, 1.54) is 24.4 Å². The van der Waals surface area contributed by atoms with E-state index in [4.69, 9.17) is 33.6 Å². The molecule has 6 heteroatoms. The predicted molar refractivity (Wildman–Crippen MR) is 112 cm³/mol. The average Bonchev–Trinajstić information content (AvgIpc) is 2.68. The maximum absolute atomic E-state index is 10.5. The van der Waals surface area contributed by atoms with Crippen molar-refractivity contribution in [2.75, 3.05) is 6.54 Å². The van der Waals surface area contributed by atoms with Gasteiger partial charge in [0.2, 0.25) is 5.91 Å². The molecule has 0 fully saturated rings. The number of carbonyl (C=O) groups is 1. The molecule has 6 N–H and O–H groups in total. The summed E-state index contributed by atoms with van der Waals surface area (Å²) < 4.78 is 0. The lowest BCUT2D eigenvalue weighted by Gasteiger charge is -2.05. The number of nitrogens with two attached hydrogens (primary N) is 2. The Morgan fingerprint density at radius 3 is 2.26 bits per heavy atom. The summed E-state index contributed by atoms with van der Waals surface area (Å²) in [5.41, 5.74) is 12.8. The topological polar surface area (TPSA) is 113 Å². The zero-order valence-electron chi connectivity index (χ0n) is 14.5. The lowest BCUT2D eigenvalue weighted by atomic mass is 10.00. The van der Waals surface area contributed by atoms with Crippen LogP contribution in [0.25, 0.3) is 16.8 Å². The van der Waals surface area contributed by atoms with Gasteiger partial charge in [-0.05, 0) is 40.1 Å². The quantitative estimate of drug-likeness (QED) is 0.513. The molecule has 0 atom stereocenters.